The predicted octanol–water partition coefficient (Wildman–Crippen LogP) is 7.94. The molecular weight excluding hydrogens is 624 g/mol. The zero-order chi connectivity index (χ0) is 35.5. The van der Waals surface area contributed by atoms with Crippen molar-refractivity contribution >= 4 is 45.2 Å². The molecule has 2 aliphatic rings. The van der Waals surface area contributed by atoms with E-state index in [9.17, 15) is 19.2 Å². The van der Waals surface area contributed by atoms with E-state index in [-0.39, 0.29) is 23.6 Å². The number of imide groups is 2. The van der Waals surface area contributed by atoms with E-state index in [0.29, 0.717) is 48.3 Å². The Labute approximate surface area is 296 Å². The van der Waals surface area contributed by atoms with Crippen LogP contribution in [0.5, 0.6) is 0 Å². The molecule has 6 rings (SSSR count). The highest BCUT2D eigenvalue weighted by molar-refractivity contribution is 6.26. The molecule has 0 radical (unpaired) electrons. The molecule has 264 valence electrons. The summed E-state index contributed by atoms with van der Waals surface area (Å²) in [7, 11) is 2.03. The van der Waals surface area contributed by atoms with E-state index in [4.69, 9.17) is 0 Å². The van der Waals surface area contributed by atoms with Crippen LogP contribution in [0.1, 0.15) is 113 Å². The van der Waals surface area contributed by atoms with Crippen molar-refractivity contribution in [3.05, 3.63) is 95.1 Å². The standard InChI is InChI=1S/C36H38N4O4.C6H14/c1-38(23-24-40-35(43)29-17-8-13-26-14-9-18-30(32(26)29)36(40)44)21-5-3-2-4-19-37-20-10-22-39-33(41)27-15-6-11-25-12-7-16-28(31(25)27)34(39)42;1-3-5-6-4-2/h6-9,11-18,37H,2-5,10,19-24H2,1H3;3-6H2,1-2H3. The smallest absolute Gasteiger partial charge is 0.261 e. The summed E-state index contributed by atoms with van der Waals surface area (Å²) in [5.74, 6) is -0.836. The van der Waals surface area contributed by atoms with Gasteiger partial charge in [0, 0.05) is 52.7 Å². The lowest BCUT2D eigenvalue weighted by molar-refractivity contribution is 0.0586. The van der Waals surface area contributed by atoms with Gasteiger partial charge in [-0.25, -0.2) is 0 Å². The van der Waals surface area contributed by atoms with E-state index in [2.05, 4.69) is 24.1 Å². The Balaban J connectivity index is 0.000000745. The maximum absolute atomic E-state index is 13.1. The van der Waals surface area contributed by atoms with Gasteiger partial charge in [-0.2, -0.15) is 0 Å². The quantitative estimate of drug-likeness (QED) is 0.0902. The molecule has 4 amide bonds. The summed E-state index contributed by atoms with van der Waals surface area (Å²) < 4.78 is 0. The minimum atomic E-state index is -0.211. The first-order chi connectivity index (χ1) is 24.4. The molecule has 0 aliphatic carbocycles. The second-order valence-electron chi connectivity index (χ2n) is 13.5. The van der Waals surface area contributed by atoms with Crippen LogP contribution in [-0.4, -0.2) is 84.6 Å². The van der Waals surface area contributed by atoms with E-state index >= 15 is 0 Å². The van der Waals surface area contributed by atoms with Gasteiger partial charge in [-0.1, -0.05) is 101 Å². The average molecular weight is 677 g/mol. The van der Waals surface area contributed by atoms with Gasteiger partial charge >= 0.3 is 0 Å². The molecule has 0 saturated heterocycles. The Hall–Kier alpha value is -4.40. The van der Waals surface area contributed by atoms with Crippen molar-refractivity contribution in [3.63, 3.8) is 0 Å². The summed E-state index contributed by atoms with van der Waals surface area (Å²) in [5.41, 5.74) is 2.42. The van der Waals surface area contributed by atoms with E-state index in [1.54, 1.807) is 12.1 Å². The summed E-state index contributed by atoms with van der Waals surface area (Å²) in [6.07, 6.45) is 10.6. The van der Waals surface area contributed by atoms with Crippen molar-refractivity contribution in [2.45, 2.75) is 71.6 Å². The fraction of sp³-hybridized carbons (Fsp3) is 0.429. The van der Waals surface area contributed by atoms with Crippen molar-refractivity contribution in [2.75, 3.05) is 46.3 Å². The van der Waals surface area contributed by atoms with E-state index in [0.717, 1.165) is 66.9 Å². The van der Waals surface area contributed by atoms with E-state index in [1.807, 2.05) is 67.7 Å². The number of amides is 4. The number of hydrogen-bond donors (Lipinski definition) is 1. The Kier molecular flexibility index (Phi) is 13.3. The van der Waals surface area contributed by atoms with Gasteiger partial charge in [0.2, 0.25) is 0 Å². The molecule has 8 heteroatoms. The molecule has 0 unspecified atom stereocenters. The van der Waals surface area contributed by atoms with E-state index < -0.39 is 0 Å². The van der Waals surface area contributed by atoms with Crippen molar-refractivity contribution < 1.29 is 19.2 Å². The predicted molar refractivity (Wildman–Crippen MR) is 202 cm³/mol. The number of carbonyl (C=O) groups is 4. The number of benzene rings is 4. The highest BCUT2D eigenvalue weighted by Crippen LogP contribution is 2.31. The molecule has 4 aromatic rings. The number of likely N-dealkylation sites (N-methyl/N-ethyl adjacent to an activating group) is 1. The molecule has 2 aliphatic heterocycles. The Morgan fingerprint density at radius 3 is 1.38 bits per heavy atom. The Bertz CT molecular complexity index is 1710. The Morgan fingerprint density at radius 1 is 0.500 bits per heavy atom. The first kappa shape index (κ1) is 36.9. The van der Waals surface area contributed by atoms with Crippen LogP contribution in [0.3, 0.4) is 0 Å². The summed E-state index contributed by atoms with van der Waals surface area (Å²) in [5, 5.41) is 6.81. The molecule has 8 nitrogen and oxygen atoms in total. The van der Waals surface area contributed by atoms with Crippen molar-refractivity contribution in [3.8, 4) is 0 Å². The van der Waals surface area contributed by atoms with Crippen molar-refractivity contribution in [2.24, 2.45) is 0 Å². The van der Waals surface area contributed by atoms with Crippen LogP contribution in [0.25, 0.3) is 21.5 Å². The molecule has 50 heavy (non-hydrogen) atoms. The minimum Gasteiger partial charge on any atom is -0.317 e. The molecule has 0 bridgehead atoms. The lowest BCUT2D eigenvalue weighted by atomic mass is 9.94. The third-order valence-corrected chi connectivity index (χ3v) is 9.75. The summed E-state index contributed by atoms with van der Waals surface area (Å²) in [4.78, 5) is 57.1. The van der Waals surface area contributed by atoms with E-state index in [1.165, 1.54) is 35.5 Å². The highest BCUT2D eigenvalue weighted by Gasteiger charge is 2.33. The fourth-order valence-electron chi connectivity index (χ4n) is 6.92. The van der Waals surface area contributed by atoms with Gasteiger partial charge in [0.05, 0.1) is 0 Å². The average Bonchev–Trinajstić information content (AvgIpc) is 3.14. The third-order valence-electron chi connectivity index (χ3n) is 9.75. The van der Waals surface area contributed by atoms with Gasteiger partial charge < -0.3 is 10.2 Å². The van der Waals surface area contributed by atoms with Gasteiger partial charge in [-0.3, -0.25) is 29.0 Å². The largest absolute Gasteiger partial charge is 0.317 e. The second-order valence-corrected chi connectivity index (χ2v) is 13.5. The molecule has 0 spiro atoms. The lowest BCUT2D eigenvalue weighted by Gasteiger charge is -2.28. The molecule has 2 heterocycles. The van der Waals surface area contributed by atoms with Gasteiger partial charge in [-0.15, -0.1) is 0 Å². The summed E-state index contributed by atoms with van der Waals surface area (Å²) >= 11 is 0. The first-order valence-electron chi connectivity index (χ1n) is 18.5. The number of rotatable bonds is 17. The van der Waals surface area contributed by atoms with Crippen LogP contribution in [-0.2, 0) is 0 Å². The second kappa shape index (κ2) is 18.0. The SMILES string of the molecule is CCCCCC.CN(CCCCCCNCCCN1C(=O)c2cccc3cccc(c23)C1=O)CCN1C(=O)c2cccc3cccc(c23)C1=O. The number of hydrogen-bond acceptors (Lipinski definition) is 6. The molecule has 1 N–H and O–H groups in total. The molecule has 0 atom stereocenters. The minimum absolute atomic E-state index is 0.207. The highest BCUT2D eigenvalue weighted by atomic mass is 16.2. The van der Waals surface area contributed by atoms with Crippen molar-refractivity contribution in [1.82, 2.24) is 20.0 Å². The molecule has 0 saturated carbocycles. The van der Waals surface area contributed by atoms with Crippen molar-refractivity contribution in [1.29, 1.82) is 0 Å². The zero-order valence-corrected chi connectivity index (χ0v) is 30.0. The van der Waals surface area contributed by atoms with Crippen LogP contribution in [0, 0.1) is 0 Å². The Morgan fingerprint density at radius 2 is 0.920 bits per heavy atom. The number of carbonyl (C=O) groups excluding carboxylic acids is 4. The topological polar surface area (TPSA) is 90.0 Å². The molecule has 0 aromatic heterocycles. The monoisotopic (exact) mass is 676 g/mol. The van der Waals surface area contributed by atoms with Crippen LogP contribution >= 0.6 is 0 Å². The van der Waals surface area contributed by atoms with Gasteiger partial charge in [0.15, 0.2) is 0 Å². The van der Waals surface area contributed by atoms with Gasteiger partial charge in [0.25, 0.3) is 23.6 Å². The van der Waals surface area contributed by atoms with Crippen LogP contribution in [0.2, 0.25) is 0 Å². The maximum Gasteiger partial charge on any atom is 0.261 e. The first-order valence-corrected chi connectivity index (χ1v) is 18.5. The molecule has 4 aromatic carbocycles. The van der Waals surface area contributed by atoms with Crippen LogP contribution < -0.4 is 5.32 Å². The number of nitrogens with zero attached hydrogens (tertiary/aromatic N) is 3. The molecular formula is C42H52N4O4. The molecule has 0 fully saturated rings. The normalized spacial score (nSPS) is 13.8. The zero-order valence-electron chi connectivity index (χ0n) is 30.0. The van der Waals surface area contributed by atoms with Gasteiger partial charge in [-0.05, 0) is 81.0 Å². The van der Waals surface area contributed by atoms with Crippen LogP contribution in [0.15, 0.2) is 72.8 Å². The lowest BCUT2D eigenvalue weighted by Crippen LogP contribution is -2.44. The fourth-order valence-corrected chi connectivity index (χ4v) is 6.92. The third kappa shape index (κ3) is 8.48. The number of nitrogens with one attached hydrogen (secondary N) is 1. The summed E-state index contributed by atoms with van der Waals surface area (Å²) in [6.45, 7) is 8.43. The maximum atomic E-state index is 13.1. The number of unbranched alkanes of at least 4 members (excludes halogenated alkanes) is 6. The van der Waals surface area contributed by atoms with Crippen LogP contribution in [0.4, 0.5) is 0 Å². The summed E-state index contributed by atoms with van der Waals surface area (Å²) in [6, 6.07) is 22.4. The van der Waals surface area contributed by atoms with Gasteiger partial charge in [0.1, 0.15) is 0 Å².